The van der Waals surface area contributed by atoms with Gasteiger partial charge in [-0.05, 0) is 37.0 Å². The zero-order valence-electron chi connectivity index (χ0n) is 14.5. The van der Waals surface area contributed by atoms with E-state index < -0.39 is 22.8 Å². The van der Waals surface area contributed by atoms with Gasteiger partial charge in [0.05, 0.1) is 11.8 Å². The number of aliphatic hydroxyl groups excluding tert-OH is 1. The molecule has 1 aromatic carbocycles. The standard InChI is InChI=1S/C19H22N2O5/c1-2-14-16(20-18(24)15(17(14)23)19(25)26)11-3-5-12(6-4-11)21-9-7-13(22)8-10-21/h3-6,13,22H,2,7-10H2,1H3,(H,25,26)(H2,20,23,24). The third-order valence-corrected chi connectivity index (χ3v) is 4.84. The molecule has 0 saturated carbocycles. The van der Waals surface area contributed by atoms with Gasteiger partial charge in [0.2, 0.25) is 0 Å². The van der Waals surface area contributed by atoms with Gasteiger partial charge in [-0.15, -0.1) is 0 Å². The quantitative estimate of drug-likeness (QED) is 0.664. The van der Waals surface area contributed by atoms with Crippen molar-refractivity contribution in [3.63, 3.8) is 0 Å². The molecule has 0 amide bonds. The SMILES string of the molecule is CCc1c(-c2ccc(N3CCC(O)CC3)cc2)[nH]c(=O)c(C(=O)O)c1O. The fourth-order valence-corrected chi connectivity index (χ4v) is 3.38. The minimum Gasteiger partial charge on any atom is -0.506 e. The van der Waals surface area contributed by atoms with Gasteiger partial charge in [-0.1, -0.05) is 19.1 Å². The zero-order chi connectivity index (χ0) is 18.8. The second-order valence-corrected chi connectivity index (χ2v) is 6.46. The number of piperidine rings is 1. The van der Waals surface area contributed by atoms with Crippen LogP contribution in [-0.4, -0.2) is 45.5 Å². The van der Waals surface area contributed by atoms with Crippen LogP contribution in [0.2, 0.25) is 0 Å². The summed E-state index contributed by atoms with van der Waals surface area (Å²) in [5, 5.41) is 29.0. The molecule has 0 atom stereocenters. The molecule has 1 aliphatic heterocycles. The lowest BCUT2D eigenvalue weighted by molar-refractivity contribution is 0.0691. The topological polar surface area (TPSA) is 114 Å². The van der Waals surface area contributed by atoms with E-state index in [1.54, 1.807) is 6.92 Å². The van der Waals surface area contributed by atoms with E-state index in [1.165, 1.54) is 0 Å². The van der Waals surface area contributed by atoms with Crippen LogP contribution < -0.4 is 10.5 Å². The molecule has 2 heterocycles. The molecule has 4 N–H and O–H groups in total. The van der Waals surface area contributed by atoms with Crippen LogP contribution in [-0.2, 0) is 6.42 Å². The summed E-state index contributed by atoms with van der Waals surface area (Å²) in [6.07, 6.45) is 1.61. The highest BCUT2D eigenvalue weighted by Gasteiger charge is 2.22. The van der Waals surface area contributed by atoms with Crippen LogP contribution in [0.15, 0.2) is 29.1 Å². The Labute approximate surface area is 150 Å². The maximum Gasteiger partial charge on any atom is 0.345 e. The van der Waals surface area contributed by atoms with Gasteiger partial charge in [0.1, 0.15) is 5.75 Å². The summed E-state index contributed by atoms with van der Waals surface area (Å²) in [5.41, 5.74) is 1.10. The van der Waals surface area contributed by atoms with E-state index >= 15 is 0 Å². The van der Waals surface area contributed by atoms with Crippen LogP contribution in [0, 0.1) is 0 Å². The highest BCUT2D eigenvalue weighted by atomic mass is 16.4. The van der Waals surface area contributed by atoms with Gasteiger partial charge < -0.3 is 25.2 Å². The molecule has 0 radical (unpaired) electrons. The van der Waals surface area contributed by atoms with Crippen molar-refractivity contribution >= 4 is 11.7 Å². The van der Waals surface area contributed by atoms with E-state index in [2.05, 4.69) is 9.88 Å². The molecular formula is C19H22N2O5. The van der Waals surface area contributed by atoms with Gasteiger partial charge >= 0.3 is 5.97 Å². The van der Waals surface area contributed by atoms with Gasteiger partial charge in [-0.25, -0.2) is 4.79 Å². The lowest BCUT2D eigenvalue weighted by Crippen LogP contribution is -2.35. The van der Waals surface area contributed by atoms with E-state index in [0.29, 0.717) is 23.2 Å². The number of nitrogens with zero attached hydrogens (tertiary/aromatic N) is 1. The van der Waals surface area contributed by atoms with Crippen molar-refractivity contribution in [2.24, 2.45) is 0 Å². The van der Waals surface area contributed by atoms with Crippen molar-refractivity contribution in [3.8, 4) is 17.0 Å². The molecule has 138 valence electrons. The Hall–Kier alpha value is -2.80. The van der Waals surface area contributed by atoms with E-state index in [-0.39, 0.29) is 6.10 Å². The second-order valence-electron chi connectivity index (χ2n) is 6.46. The lowest BCUT2D eigenvalue weighted by atomic mass is 10.00. The zero-order valence-corrected chi connectivity index (χ0v) is 14.5. The molecule has 1 saturated heterocycles. The first-order chi connectivity index (χ1) is 12.4. The average molecular weight is 358 g/mol. The molecule has 1 fully saturated rings. The predicted octanol–water partition coefficient (Wildman–Crippen LogP) is 1.97. The number of carbonyl (C=O) groups is 1. The normalized spacial score (nSPS) is 15.2. The number of hydrogen-bond donors (Lipinski definition) is 4. The number of carboxylic acid groups (broad SMARTS) is 1. The summed E-state index contributed by atoms with van der Waals surface area (Å²) in [7, 11) is 0. The molecule has 0 bridgehead atoms. The molecule has 26 heavy (non-hydrogen) atoms. The highest BCUT2D eigenvalue weighted by molar-refractivity contribution is 5.92. The minimum atomic E-state index is -1.45. The number of pyridine rings is 1. The molecule has 3 rings (SSSR count). The first-order valence-electron chi connectivity index (χ1n) is 8.67. The molecule has 0 aliphatic carbocycles. The predicted molar refractivity (Wildman–Crippen MR) is 98.0 cm³/mol. The van der Waals surface area contributed by atoms with Crippen LogP contribution in [0.25, 0.3) is 11.3 Å². The maximum atomic E-state index is 12.1. The van der Waals surface area contributed by atoms with E-state index in [9.17, 15) is 19.8 Å². The summed E-state index contributed by atoms with van der Waals surface area (Å²) in [6, 6.07) is 7.52. The van der Waals surface area contributed by atoms with E-state index in [4.69, 9.17) is 5.11 Å². The van der Waals surface area contributed by atoms with Crippen molar-refractivity contribution in [2.75, 3.05) is 18.0 Å². The summed E-state index contributed by atoms with van der Waals surface area (Å²) < 4.78 is 0. The Morgan fingerprint density at radius 2 is 1.85 bits per heavy atom. The number of nitrogens with one attached hydrogen (secondary N) is 1. The number of hydrogen-bond acceptors (Lipinski definition) is 5. The largest absolute Gasteiger partial charge is 0.506 e. The van der Waals surface area contributed by atoms with Gasteiger partial charge in [0, 0.05) is 24.3 Å². The molecule has 7 nitrogen and oxygen atoms in total. The lowest BCUT2D eigenvalue weighted by Gasteiger charge is -2.31. The van der Waals surface area contributed by atoms with Crippen molar-refractivity contribution in [1.82, 2.24) is 4.98 Å². The summed E-state index contributed by atoms with van der Waals surface area (Å²) >= 11 is 0. The average Bonchev–Trinajstić information content (AvgIpc) is 2.62. The van der Waals surface area contributed by atoms with Crippen molar-refractivity contribution in [3.05, 3.63) is 45.7 Å². The number of aromatic carboxylic acids is 1. The third kappa shape index (κ3) is 3.30. The summed E-state index contributed by atoms with van der Waals surface area (Å²) in [4.78, 5) is 28.0. The van der Waals surface area contributed by atoms with Crippen molar-refractivity contribution in [1.29, 1.82) is 0 Å². The fourth-order valence-electron chi connectivity index (χ4n) is 3.38. The van der Waals surface area contributed by atoms with Gasteiger partial charge in [0.15, 0.2) is 5.56 Å². The maximum absolute atomic E-state index is 12.1. The first-order valence-corrected chi connectivity index (χ1v) is 8.67. The van der Waals surface area contributed by atoms with Crippen molar-refractivity contribution < 1.29 is 20.1 Å². The number of rotatable bonds is 4. The Morgan fingerprint density at radius 1 is 1.23 bits per heavy atom. The first kappa shape index (κ1) is 18.0. The van der Waals surface area contributed by atoms with Gasteiger partial charge in [0.25, 0.3) is 5.56 Å². The number of benzene rings is 1. The Kier molecular flexibility index (Phi) is 4.99. The molecule has 7 heteroatoms. The Balaban J connectivity index is 1.97. The van der Waals surface area contributed by atoms with E-state index in [0.717, 1.165) is 31.6 Å². The number of aliphatic hydroxyl groups is 1. The molecule has 0 unspecified atom stereocenters. The number of anilines is 1. The number of aromatic nitrogens is 1. The summed E-state index contributed by atoms with van der Waals surface area (Å²) in [6.45, 7) is 3.35. The van der Waals surface area contributed by atoms with Crippen LogP contribution in [0.3, 0.4) is 0 Å². The molecular weight excluding hydrogens is 336 g/mol. The van der Waals surface area contributed by atoms with Crippen LogP contribution in [0.5, 0.6) is 5.75 Å². The fraction of sp³-hybridized carbons (Fsp3) is 0.368. The number of carboxylic acids is 1. The number of aromatic amines is 1. The van der Waals surface area contributed by atoms with Gasteiger partial charge in [-0.2, -0.15) is 0 Å². The Morgan fingerprint density at radius 3 is 2.38 bits per heavy atom. The Bertz CT molecular complexity index is 865. The molecule has 1 aliphatic rings. The number of aromatic hydroxyl groups is 1. The molecule has 0 spiro atoms. The van der Waals surface area contributed by atoms with Crippen molar-refractivity contribution in [2.45, 2.75) is 32.3 Å². The van der Waals surface area contributed by atoms with Crippen LogP contribution in [0.4, 0.5) is 5.69 Å². The second kappa shape index (κ2) is 7.21. The monoisotopic (exact) mass is 358 g/mol. The number of H-pyrrole nitrogens is 1. The summed E-state index contributed by atoms with van der Waals surface area (Å²) in [5.74, 6) is -1.93. The van der Waals surface area contributed by atoms with Crippen LogP contribution >= 0.6 is 0 Å². The van der Waals surface area contributed by atoms with Gasteiger partial charge in [-0.3, -0.25) is 4.79 Å². The van der Waals surface area contributed by atoms with Crippen LogP contribution in [0.1, 0.15) is 35.7 Å². The minimum absolute atomic E-state index is 0.238. The third-order valence-electron chi connectivity index (χ3n) is 4.84. The smallest absolute Gasteiger partial charge is 0.345 e. The molecule has 2 aromatic rings. The highest BCUT2D eigenvalue weighted by Crippen LogP contribution is 2.31. The van der Waals surface area contributed by atoms with E-state index in [1.807, 2.05) is 24.3 Å². The molecule has 1 aromatic heterocycles.